The van der Waals surface area contributed by atoms with Gasteiger partial charge in [-0.05, 0) is 50.4 Å². The molecule has 0 aliphatic heterocycles. The molecule has 0 spiro atoms. The fourth-order valence-corrected chi connectivity index (χ4v) is 4.27. The molecular weight excluding hydrogens is 340 g/mol. The maximum atomic E-state index is 11.3. The van der Waals surface area contributed by atoms with Crippen LogP contribution in [0.5, 0.6) is 0 Å². The first-order valence-electron chi connectivity index (χ1n) is 9.64. The lowest BCUT2D eigenvalue weighted by Gasteiger charge is -2.33. The van der Waals surface area contributed by atoms with Crippen LogP contribution >= 0.6 is 0 Å². The van der Waals surface area contributed by atoms with Gasteiger partial charge in [0, 0.05) is 0 Å². The van der Waals surface area contributed by atoms with Gasteiger partial charge in [0.2, 0.25) is 0 Å². The average molecular weight is 372 g/mol. The lowest BCUT2D eigenvalue weighted by Crippen LogP contribution is -2.39. The number of carbonyl (C=O) groups is 2. The van der Waals surface area contributed by atoms with Crippen molar-refractivity contribution in [3.63, 3.8) is 0 Å². The van der Waals surface area contributed by atoms with E-state index in [0.29, 0.717) is 12.3 Å². The molecule has 7 atom stereocenters. The number of aliphatic hydroxyl groups excluding tert-OH is 1. The normalized spacial score (nSPS) is 36.4. The Morgan fingerprint density at radius 2 is 1.58 bits per heavy atom. The van der Waals surface area contributed by atoms with Crippen LogP contribution in [0.2, 0.25) is 0 Å². The Hall–Kier alpha value is -1.18. The van der Waals surface area contributed by atoms with E-state index in [1.165, 1.54) is 0 Å². The predicted octanol–water partition coefficient (Wildman–Crippen LogP) is 2.16. The van der Waals surface area contributed by atoms with Crippen molar-refractivity contribution >= 4 is 11.9 Å². The number of hydrogen-bond donors (Lipinski definition) is 3. The number of rotatable bonds is 8. The van der Waals surface area contributed by atoms with Crippen molar-refractivity contribution in [2.45, 2.75) is 70.7 Å². The Balaban J connectivity index is 1.71. The summed E-state index contributed by atoms with van der Waals surface area (Å²) in [5, 5.41) is 28.5. The number of hydrogen-bond acceptors (Lipinski definition) is 5. The highest BCUT2D eigenvalue weighted by atomic mass is 16.5. The minimum Gasteiger partial charge on any atom is -0.481 e. The summed E-state index contributed by atoms with van der Waals surface area (Å²) >= 11 is 0. The van der Waals surface area contributed by atoms with Crippen LogP contribution in [0.3, 0.4) is 0 Å². The van der Waals surface area contributed by atoms with Crippen molar-refractivity contribution in [2.75, 3.05) is 13.2 Å². The largest absolute Gasteiger partial charge is 0.481 e. The van der Waals surface area contributed by atoms with Crippen LogP contribution in [-0.2, 0) is 19.1 Å². The second-order valence-electron chi connectivity index (χ2n) is 8.08. The summed E-state index contributed by atoms with van der Waals surface area (Å²) in [6, 6.07) is 0. The van der Waals surface area contributed by atoms with E-state index in [1.807, 2.05) is 0 Å². The second kappa shape index (κ2) is 9.67. The van der Waals surface area contributed by atoms with Crippen molar-refractivity contribution in [3.8, 4) is 0 Å². The van der Waals surface area contributed by atoms with Crippen LogP contribution < -0.4 is 0 Å². The molecule has 0 saturated heterocycles. The third-order valence-corrected chi connectivity index (χ3v) is 5.82. The van der Waals surface area contributed by atoms with Crippen molar-refractivity contribution in [3.05, 3.63) is 0 Å². The summed E-state index contributed by atoms with van der Waals surface area (Å²) in [5.74, 6) is -2.77. The third kappa shape index (κ3) is 5.93. The lowest BCUT2D eigenvalue weighted by atomic mass is 9.78. The van der Waals surface area contributed by atoms with Gasteiger partial charge in [-0.15, -0.1) is 0 Å². The minimum absolute atomic E-state index is 0.0756. The molecule has 7 unspecified atom stereocenters. The van der Waals surface area contributed by atoms with Crippen molar-refractivity contribution in [1.82, 2.24) is 0 Å². The first kappa shape index (κ1) is 21.1. The van der Waals surface area contributed by atoms with E-state index < -0.39 is 29.9 Å². The maximum Gasteiger partial charge on any atom is 0.307 e. The molecule has 0 aromatic heterocycles. The number of aliphatic carboxylic acids is 2. The number of ether oxygens (including phenoxy) is 2. The van der Waals surface area contributed by atoms with Gasteiger partial charge in [0.15, 0.2) is 0 Å². The summed E-state index contributed by atoms with van der Waals surface area (Å²) in [5.41, 5.74) is 0. The van der Waals surface area contributed by atoms with Gasteiger partial charge in [-0.25, -0.2) is 0 Å². The highest BCUT2D eigenvalue weighted by Gasteiger charge is 2.40. The van der Waals surface area contributed by atoms with Crippen LogP contribution in [0.15, 0.2) is 0 Å². The lowest BCUT2D eigenvalue weighted by molar-refractivity contribution is -0.159. The Morgan fingerprint density at radius 1 is 0.923 bits per heavy atom. The molecule has 0 amide bonds. The fourth-order valence-electron chi connectivity index (χ4n) is 4.27. The monoisotopic (exact) mass is 372 g/mol. The van der Waals surface area contributed by atoms with Crippen molar-refractivity contribution < 1.29 is 34.4 Å². The molecule has 2 rings (SSSR count). The number of carboxylic acid groups (broad SMARTS) is 2. The third-order valence-electron chi connectivity index (χ3n) is 5.82. The van der Waals surface area contributed by atoms with Gasteiger partial charge in [0.25, 0.3) is 0 Å². The standard InChI is InChI=1S/C19H32O7/c1-11-3-6-17(12(2)7-11)26-10-13(20)9-25-14-4-5-15(18(21)22)16(8-14)19(23)24/h11-17,20H,3-10H2,1-2H3,(H,21,22)(H,23,24). The van der Waals surface area contributed by atoms with E-state index in [1.54, 1.807) is 0 Å². The zero-order valence-electron chi connectivity index (χ0n) is 15.7. The zero-order chi connectivity index (χ0) is 19.3. The van der Waals surface area contributed by atoms with Crippen molar-refractivity contribution in [2.24, 2.45) is 23.7 Å². The molecule has 0 heterocycles. The molecule has 0 radical (unpaired) electrons. The van der Waals surface area contributed by atoms with E-state index >= 15 is 0 Å². The van der Waals surface area contributed by atoms with Gasteiger partial charge in [-0.2, -0.15) is 0 Å². The SMILES string of the molecule is CC1CCC(OCC(O)COC2CCC(C(=O)O)C(C(=O)O)C2)C(C)C1. The molecule has 0 aromatic rings. The van der Waals surface area contributed by atoms with Gasteiger partial charge in [0.1, 0.15) is 6.10 Å². The van der Waals surface area contributed by atoms with Gasteiger partial charge in [-0.1, -0.05) is 13.8 Å². The molecule has 7 heteroatoms. The fraction of sp³-hybridized carbons (Fsp3) is 0.895. The summed E-state index contributed by atoms with van der Waals surface area (Å²) in [6.45, 7) is 4.71. The topological polar surface area (TPSA) is 113 Å². The molecule has 7 nitrogen and oxygen atoms in total. The molecule has 2 aliphatic carbocycles. The van der Waals surface area contributed by atoms with Crippen LogP contribution in [0, 0.1) is 23.7 Å². The highest BCUT2D eigenvalue weighted by molar-refractivity contribution is 5.80. The molecule has 150 valence electrons. The second-order valence-corrected chi connectivity index (χ2v) is 8.08. The highest BCUT2D eigenvalue weighted by Crippen LogP contribution is 2.33. The van der Waals surface area contributed by atoms with E-state index in [4.69, 9.17) is 14.6 Å². The maximum absolute atomic E-state index is 11.3. The smallest absolute Gasteiger partial charge is 0.307 e. The van der Waals surface area contributed by atoms with Crippen molar-refractivity contribution in [1.29, 1.82) is 0 Å². The Bertz CT molecular complexity index is 481. The minimum atomic E-state index is -1.10. The molecular formula is C19H32O7. The molecule has 0 bridgehead atoms. The Morgan fingerprint density at radius 3 is 2.19 bits per heavy atom. The first-order valence-corrected chi connectivity index (χ1v) is 9.64. The number of aliphatic hydroxyl groups is 1. The van der Waals surface area contributed by atoms with Gasteiger partial charge < -0.3 is 24.8 Å². The van der Waals surface area contributed by atoms with E-state index in [-0.39, 0.29) is 38.3 Å². The van der Waals surface area contributed by atoms with Crippen LogP contribution in [-0.4, -0.2) is 58.8 Å². The number of carboxylic acids is 2. The van der Waals surface area contributed by atoms with Crippen LogP contribution in [0.4, 0.5) is 0 Å². The van der Waals surface area contributed by atoms with E-state index in [2.05, 4.69) is 13.8 Å². The van der Waals surface area contributed by atoms with Gasteiger partial charge >= 0.3 is 11.9 Å². The van der Waals surface area contributed by atoms with Crippen LogP contribution in [0.25, 0.3) is 0 Å². The quantitative estimate of drug-likeness (QED) is 0.598. The summed E-state index contributed by atoms with van der Waals surface area (Å²) in [6.07, 6.45) is 3.30. The molecule has 2 fully saturated rings. The first-order chi connectivity index (χ1) is 12.3. The van der Waals surface area contributed by atoms with Gasteiger partial charge in [0.05, 0.1) is 37.3 Å². The summed E-state index contributed by atoms with van der Waals surface area (Å²) in [4.78, 5) is 22.5. The Kier molecular flexibility index (Phi) is 7.85. The summed E-state index contributed by atoms with van der Waals surface area (Å²) < 4.78 is 11.5. The zero-order valence-corrected chi connectivity index (χ0v) is 15.7. The van der Waals surface area contributed by atoms with Crippen LogP contribution in [0.1, 0.15) is 52.4 Å². The molecule has 0 aromatic carbocycles. The predicted molar refractivity (Wildman–Crippen MR) is 93.8 cm³/mol. The molecule has 2 saturated carbocycles. The molecule has 2 aliphatic rings. The van der Waals surface area contributed by atoms with E-state index in [9.17, 15) is 19.8 Å². The molecule has 3 N–H and O–H groups in total. The van der Waals surface area contributed by atoms with E-state index in [0.717, 1.165) is 25.2 Å². The summed E-state index contributed by atoms with van der Waals surface area (Å²) in [7, 11) is 0. The average Bonchev–Trinajstić information content (AvgIpc) is 2.58. The Labute approximate surface area is 154 Å². The van der Waals surface area contributed by atoms with Gasteiger partial charge in [-0.3, -0.25) is 9.59 Å². The molecule has 26 heavy (non-hydrogen) atoms.